The molecule has 3 aromatic rings. The molecule has 0 bridgehead atoms. The first-order chi connectivity index (χ1) is 12.1. The molecule has 0 atom stereocenters. The number of rotatable bonds is 4. The van der Waals surface area contributed by atoms with E-state index < -0.39 is 5.60 Å². The number of carbonyl (C=O) groups excluding carboxylic acids is 1. The van der Waals surface area contributed by atoms with Gasteiger partial charge in [0.1, 0.15) is 5.60 Å². The predicted octanol–water partition coefficient (Wildman–Crippen LogP) is 5.18. The third kappa shape index (κ3) is 2.39. The number of carbonyl (C=O) groups is 1. The van der Waals surface area contributed by atoms with Crippen LogP contribution >= 0.6 is 11.3 Å². The third-order valence-corrected chi connectivity index (χ3v) is 5.25. The molecular formula is C22H18O2S. The Morgan fingerprint density at radius 3 is 2.16 bits per heavy atom. The van der Waals surface area contributed by atoms with Crippen LogP contribution in [0.5, 0.6) is 0 Å². The number of benzene rings is 2. The fraction of sp³-hybridized carbons (Fsp3) is 0.136. The predicted molar refractivity (Wildman–Crippen MR) is 101 cm³/mol. The normalized spacial score (nSPS) is 14.7. The summed E-state index contributed by atoms with van der Waals surface area (Å²) in [5.74, 6) is 0.0518. The summed E-state index contributed by atoms with van der Waals surface area (Å²) in [5.41, 5.74) is 4.41. The Morgan fingerprint density at radius 1 is 1.04 bits per heavy atom. The summed E-state index contributed by atoms with van der Waals surface area (Å²) in [4.78, 5) is 13.0. The van der Waals surface area contributed by atoms with E-state index in [2.05, 4.69) is 18.0 Å². The monoisotopic (exact) mass is 346 g/mol. The van der Waals surface area contributed by atoms with Crippen LogP contribution in [0, 0.1) is 0 Å². The van der Waals surface area contributed by atoms with E-state index in [9.17, 15) is 4.79 Å². The first kappa shape index (κ1) is 16.0. The summed E-state index contributed by atoms with van der Waals surface area (Å²) >= 11 is 1.63. The molecule has 0 spiro atoms. The van der Waals surface area contributed by atoms with E-state index in [0.717, 1.165) is 22.3 Å². The molecule has 1 aliphatic carbocycles. The quantitative estimate of drug-likeness (QED) is 0.609. The van der Waals surface area contributed by atoms with Crippen LogP contribution < -0.4 is 0 Å². The van der Waals surface area contributed by atoms with E-state index in [0.29, 0.717) is 17.7 Å². The van der Waals surface area contributed by atoms with Gasteiger partial charge in [-0.1, -0.05) is 60.7 Å². The van der Waals surface area contributed by atoms with Crippen molar-refractivity contribution < 1.29 is 9.53 Å². The molecule has 3 heteroatoms. The Balaban J connectivity index is 2.07. The third-order valence-electron chi connectivity index (χ3n) is 4.56. The lowest BCUT2D eigenvalue weighted by Crippen LogP contribution is -2.39. The smallest absolute Gasteiger partial charge is 0.193 e. The molecule has 0 amide bonds. The Labute approximate surface area is 151 Å². The van der Waals surface area contributed by atoms with Crippen LogP contribution in [0.15, 0.2) is 77.5 Å². The lowest BCUT2D eigenvalue weighted by molar-refractivity contribution is 0.0253. The maximum Gasteiger partial charge on any atom is 0.193 e. The van der Waals surface area contributed by atoms with E-state index >= 15 is 0 Å². The van der Waals surface area contributed by atoms with Crippen molar-refractivity contribution in [1.29, 1.82) is 0 Å². The first-order valence-corrected chi connectivity index (χ1v) is 9.13. The summed E-state index contributed by atoms with van der Waals surface area (Å²) < 4.78 is 6.53. The topological polar surface area (TPSA) is 26.3 Å². The summed E-state index contributed by atoms with van der Waals surface area (Å²) in [6.07, 6.45) is 0. The van der Waals surface area contributed by atoms with Crippen LogP contribution in [0.2, 0.25) is 0 Å². The summed E-state index contributed by atoms with van der Waals surface area (Å²) in [6, 6.07) is 17.6. The highest BCUT2D eigenvalue weighted by molar-refractivity contribution is 7.08. The van der Waals surface area contributed by atoms with Gasteiger partial charge in [-0.15, -0.1) is 0 Å². The van der Waals surface area contributed by atoms with Gasteiger partial charge in [-0.3, -0.25) is 4.79 Å². The molecule has 0 saturated heterocycles. The van der Waals surface area contributed by atoms with Crippen molar-refractivity contribution in [1.82, 2.24) is 0 Å². The van der Waals surface area contributed by atoms with Crippen LogP contribution in [0.3, 0.4) is 0 Å². The number of hydrogen-bond donors (Lipinski definition) is 0. The minimum atomic E-state index is -0.792. The molecule has 25 heavy (non-hydrogen) atoms. The summed E-state index contributed by atoms with van der Waals surface area (Å²) in [6.45, 7) is 6.36. The molecule has 0 fully saturated rings. The zero-order valence-corrected chi connectivity index (χ0v) is 14.8. The van der Waals surface area contributed by atoms with Crippen molar-refractivity contribution in [3.05, 3.63) is 105 Å². The molecule has 0 N–H and O–H groups in total. The van der Waals surface area contributed by atoms with Gasteiger partial charge in [0.25, 0.3) is 0 Å². The van der Waals surface area contributed by atoms with Crippen LogP contribution in [0.25, 0.3) is 0 Å². The van der Waals surface area contributed by atoms with Crippen molar-refractivity contribution in [2.75, 3.05) is 6.61 Å². The number of ketones is 1. The maximum atomic E-state index is 13.0. The molecule has 0 radical (unpaired) electrons. The highest BCUT2D eigenvalue weighted by Gasteiger charge is 2.46. The average molecular weight is 346 g/mol. The minimum absolute atomic E-state index is 0.0518. The summed E-state index contributed by atoms with van der Waals surface area (Å²) in [5, 5.41) is 4.14. The molecular weight excluding hydrogens is 328 g/mol. The van der Waals surface area contributed by atoms with E-state index in [-0.39, 0.29) is 5.78 Å². The second kappa shape index (κ2) is 6.10. The van der Waals surface area contributed by atoms with Crippen molar-refractivity contribution in [3.63, 3.8) is 0 Å². The highest BCUT2D eigenvalue weighted by Crippen LogP contribution is 2.47. The molecule has 0 saturated carbocycles. The molecule has 124 valence electrons. The van der Waals surface area contributed by atoms with E-state index in [4.69, 9.17) is 4.74 Å². The second-order valence-electron chi connectivity index (χ2n) is 6.36. The molecule has 2 nitrogen and oxygen atoms in total. The Hall–Kier alpha value is -2.49. The van der Waals surface area contributed by atoms with Gasteiger partial charge in [-0.2, -0.15) is 11.3 Å². The van der Waals surface area contributed by atoms with Gasteiger partial charge in [0, 0.05) is 27.8 Å². The van der Waals surface area contributed by atoms with Crippen LogP contribution in [0.4, 0.5) is 0 Å². The molecule has 1 heterocycles. The molecule has 4 rings (SSSR count). The zero-order valence-electron chi connectivity index (χ0n) is 14.0. The van der Waals surface area contributed by atoms with Gasteiger partial charge in [0.15, 0.2) is 5.78 Å². The van der Waals surface area contributed by atoms with Crippen LogP contribution in [0.1, 0.15) is 39.5 Å². The summed E-state index contributed by atoms with van der Waals surface area (Å²) in [7, 11) is 0. The fourth-order valence-corrected chi connectivity index (χ4v) is 4.21. The van der Waals surface area contributed by atoms with Gasteiger partial charge in [-0.05, 0) is 23.8 Å². The number of fused-ring (bicyclic) bond motifs is 2. The van der Waals surface area contributed by atoms with Gasteiger partial charge in [-0.25, -0.2) is 0 Å². The lowest BCUT2D eigenvalue weighted by Gasteiger charge is -2.40. The van der Waals surface area contributed by atoms with E-state index in [1.807, 2.05) is 60.8 Å². The number of ether oxygens (including phenoxy) is 1. The molecule has 0 unspecified atom stereocenters. The van der Waals surface area contributed by atoms with Crippen molar-refractivity contribution in [2.45, 2.75) is 12.5 Å². The van der Waals surface area contributed by atoms with Gasteiger partial charge < -0.3 is 4.74 Å². The Kier molecular flexibility index (Phi) is 3.91. The Morgan fingerprint density at radius 2 is 1.64 bits per heavy atom. The van der Waals surface area contributed by atoms with Crippen LogP contribution in [-0.4, -0.2) is 12.4 Å². The molecule has 2 aromatic carbocycles. The van der Waals surface area contributed by atoms with Gasteiger partial charge in [0.05, 0.1) is 6.61 Å². The molecule has 1 aromatic heterocycles. The number of thiophene rings is 1. The second-order valence-corrected chi connectivity index (χ2v) is 7.14. The Bertz CT molecular complexity index is 904. The van der Waals surface area contributed by atoms with Crippen LogP contribution in [-0.2, 0) is 10.3 Å². The molecule has 0 aliphatic heterocycles. The fourth-order valence-electron chi connectivity index (χ4n) is 3.51. The van der Waals surface area contributed by atoms with Gasteiger partial charge >= 0.3 is 0 Å². The van der Waals surface area contributed by atoms with Crippen molar-refractivity contribution >= 4 is 17.1 Å². The zero-order chi connectivity index (χ0) is 17.4. The van der Waals surface area contributed by atoms with E-state index in [1.165, 1.54) is 0 Å². The molecule has 1 aliphatic rings. The highest BCUT2D eigenvalue weighted by atomic mass is 32.1. The standard InChI is InChI=1S/C22H18O2S/c1-15(2)13-24-22(16-11-12-25-14-16)19-9-5-3-7-17(19)21(23)18-8-4-6-10-20(18)22/h3-12,14H,1,13H2,2H3. The minimum Gasteiger partial charge on any atom is -0.356 e. The van der Waals surface area contributed by atoms with E-state index in [1.54, 1.807) is 11.3 Å². The largest absolute Gasteiger partial charge is 0.356 e. The number of hydrogen-bond acceptors (Lipinski definition) is 3. The first-order valence-electron chi connectivity index (χ1n) is 8.19. The lowest BCUT2D eigenvalue weighted by atomic mass is 9.71. The van der Waals surface area contributed by atoms with Crippen molar-refractivity contribution in [3.8, 4) is 0 Å². The maximum absolute atomic E-state index is 13.0. The SMILES string of the molecule is C=C(C)COC1(c2ccsc2)c2ccccc2C(=O)c2ccccc21. The van der Waals surface area contributed by atoms with Crippen molar-refractivity contribution in [2.24, 2.45) is 0 Å². The van der Waals surface area contributed by atoms with Gasteiger partial charge in [0.2, 0.25) is 0 Å². The average Bonchev–Trinajstić information content (AvgIpc) is 3.17.